The summed E-state index contributed by atoms with van der Waals surface area (Å²) < 4.78 is 13.9. The molecule has 0 saturated carbocycles. The summed E-state index contributed by atoms with van der Waals surface area (Å²) in [5.41, 5.74) is 3.05. The van der Waals surface area contributed by atoms with Crippen LogP contribution in [0.25, 0.3) is 0 Å². The predicted octanol–water partition coefficient (Wildman–Crippen LogP) is 4.73. The topological polar surface area (TPSA) is 55.2 Å². The summed E-state index contributed by atoms with van der Waals surface area (Å²) in [6, 6.07) is 8.13. The van der Waals surface area contributed by atoms with Crippen LogP contribution in [0.1, 0.15) is 16.7 Å². The fourth-order valence-corrected chi connectivity index (χ4v) is 2.32. The molecule has 0 saturated heterocycles. The maximum absolute atomic E-state index is 13.4. The quantitative estimate of drug-likeness (QED) is 0.639. The zero-order valence-electron chi connectivity index (χ0n) is 11.6. The SMILES string of the molecule is Cc1cc(C)c([N+](=O)[O-])cc1NCc1ccc(Br)c(F)c1. The van der Waals surface area contributed by atoms with Gasteiger partial charge in [0.2, 0.25) is 0 Å². The molecule has 0 aliphatic carbocycles. The zero-order chi connectivity index (χ0) is 15.6. The molecule has 2 rings (SSSR count). The summed E-state index contributed by atoms with van der Waals surface area (Å²) >= 11 is 3.10. The Morgan fingerprint density at radius 3 is 2.57 bits per heavy atom. The summed E-state index contributed by atoms with van der Waals surface area (Å²) in [6.45, 7) is 3.98. The van der Waals surface area contributed by atoms with Crippen molar-refractivity contribution in [2.24, 2.45) is 0 Å². The molecule has 6 heteroatoms. The second-order valence-corrected chi connectivity index (χ2v) is 5.67. The largest absolute Gasteiger partial charge is 0.381 e. The van der Waals surface area contributed by atoms with Gasteiger partial charge in [0.1, 0.15) is 5.82 Å². The van der Waals surface area contributed by atoms with Gasteiger partial charge < -0.3 is 5.32 Å². The third-order valence-corrected chi connectivity index (χ3v) is 3.85. The van der Waals surface area contributed by atoms with E-state index in [4.69, 9.17) is 0 Å². The number of hydrogen-bond acceptors (Lipinski definition) is 3. The molecular formula is C15H14BrFN2O2. The minimum atomic E-state index is -0.404. The van der Waals surface area contributed by atoms with Crippen molar-refractivity contribution in [3.63, 3.8) is 0 Å². The zero-order valence-corrected chi connectivity index (χ0v) is 13.2. The number of anilines is 1. The molecule has 0 spiro atoms. The van der Waals surface area contributed by atoms with Crippen LogP contribution in [-0.2, 0) is 6.54 Å². The number of nitro groups is 1. The Balaban J connectivity index is 2.21. The van der Waals surface area contributed by atoms with Crippen LogP contribution in [-0.4, -0.2) is 4.92 Å². The summed E-state index contributed by atoms with van der Waals surface area (Å²) in [7, 11) is 0. The van der Waals surface area contributed by atoms with Gasteiger partial charge in [0.25, 0.3) is 5.69 Å². The predicted molar refractivity (Wildman–Crippen MR) is 84.0 cm³/mol. The van der Waals surface area contributed by atoms with Crippen LogP contribution in [0, 0.1) is 29.8 Å². The summed E-state index contributed by atoms with van der Waals surface area (Å²) in [4.78, 5) is 10.6. The standard InChI is InChI=1S/C15H14BrFN2O2/c1-9-5-10(2)15(19(20)21)7-14(9)18-8-11-3-4-12(16)13(17)6-11/h3-7,18H,8H2,1-2H3. The molecule has 0 amide bonds. The Kier molecular flexibility index (Phi) is 4.57. The van der Waals surface area contributed by atoms with Crippen molar-refractivity contribution in [2.75, 3.05) is 5.32 Å². The van der Waals surface area contributed by atoms with Crippen molar-refractivity contribution in [1.82, 2.24) is 0 Å². The third kappa shape index (κ3) is 3.58. The molecule has 0 heterocycles. The second-order valence-electron chi connectivity index (χ2n) is 4.81. The summed E-state index contributed by atoms with van der Waals surface area (Å²) in [5.74, 6) is -0.332. The van der Waals surface area contributed by atoms with Crippen LogP contribution >= 0.6 is 15.9 Å². The van der Waals surface area contributed by atoms with Gasteiger partial charge in [-0.25, -0.2) is 4.39 Å². The molecule has 0 fully saturated rings. The molecule has 1 N–H and O–H groups in total. The van der Waals surface area contributed by atoms with Crippen molar-refractivity contribution in [1.29, 1.82) is 0 Å². The Bertz CT molecular complexity index is 704. The molecule has 2 aromatic carbocycles. The Morgan fingerprint density at radius 2 is 1.95 bits per heavy atom. The highest BCUT2D eigenvalue weighted by Gasteiger charge is 2.13. The number of hydrogen-bond donors (Lipinski definition) is 1. The second kappa shape index (κ2) is 6.22. The lowest BCUT2D eigenvalue weighted by Gasteiger charge is -2.11. The first-order valence-corrected chi connectivity index (χ1v) is 7.11. The molecule has 0 aliphatic rings. The van der Waals surface area contributed by atoms with E-state index in [1.54, 1.807) is 25.1 Å². The van der Waals surface area contributed by atoms with Crippen LogP contribution in [0.5, 0.6) is 0 Å². The molecule has 0 bridgehead atoms. The maximum Gasteiger partial charge on any atom is 0.274 e. The Hall–Kier alpha value is -1.95. The number of halogens is 2. The van der Waals surface area contributed by atoms with Crippen LogP contribution < -0.4 is 5.32 Å². The van der Waals surface area contributed by atoms with Gasteiger partial charge in [-0.15, -0.1) is 0 Å². The van der Waals surface area contributed by atoms with E-state index >= 15 is 0 Å². The number of nitrogens with zero attached hydrogens (tertiary/aromatic N) is 1. The third-order valence-electron chi connectivity index (χ3n) is 3.21. The number of rotatable bonds is 4. The fraction of sp³-hybridized carbons (Fsp3) is 0.200. The molecular weight excluding hydrogens is 339 g/mol. The molecule has 0 radical (unpaired) electrons. The molecule has 2 aromatic rings. The number of nitro benzene ring substituents is 1. The first kappa shape index (κ1) is 15.4. The van der Waals surface area contributed by atoms with E-state index in [-0.39, 0.29) is 11.5 Å². The lowest BCUT2D eigenvalue weighted by Crippen LogP contribution is -2.03. The molecule has 4 nitrogen and oxygen atoms in total. The highest BCUT2D eigenvalue weighted by molar-refractivity contribution is 9.10. The van der Waals surface area contributed by atoms with Gasteiger partial charge in [0.05, 0.1) is 9.40 Å². The van der Waals surface area contributed by atoms with E-state index < -0.39 is 4.92 Å². The van der Waals surface area contributed by atoms with Crippen molar-refractivity contribution < 1.29 is 9.31 Å². The first-order valence-electron chi connectivity index (χ1n) is 6.32. The van der Waals surface area contributed by atoms with E-state index in [1.165, 1.54) is 12.1 Å². The summed E-state index contributed by atoms with van der Waals surface area (Å²) in [5, 5.41) is 14.1. The van der Waals surface area contributed by atoms with E-state index in [0.29, 0.717) is 22.3 Å². The minimum Gasteiger partial charge on any atom is -0.381 e. The Morgan fingerprint density at radius 1 is 1.24 bits per heavy atom. The average Bonchev–Trinajstić information content (AvgIpc) is 2.41. The summed E-state index contributed by atoms with van der Waals surface area (Å²) in [6.07, 6.45) is 0. The highest BCUT2D eigenvalue weighted by atomic mass is 79.9. The van der Waals surface area contributed by atoms with Gasteiger partial charge in [-0.05, 0) is 59.1 Å². The molecule has 21 heavy (non-hydrogen) atoms. The molecule has 0 unspecified atom stereocenters. The van der Waals surface area contributed by atoms with Crippen molar-refractivity contribution in [2.45, 2.75) is 20.4 Å². The first-order chi connectivity index (χ1) is 9.88. The number of nitrogens with one attached hydrogen (secondary N) is 1. The van der Waals surface area contributed by atoms with Gasteiger partial charge in [-0.2, -0.15) is 0 Å². The van der Waals surface area contributed by atoms with Gasteiger partial charge >= 0.3 is 0 Å². The number of benzene rings is 2. The Labute approximate surface area is 130 Å². The molecule has 0 aromatic heterocycles. The van der Waals surface area contributed by atoms with Crippen LogP contribution in [0.15, 0.2) is 34.8 Å². The average molecular weight is 353 g/mol. The smallest absolute Gasteiger partial charge is 0.274 e. The molecule has 110 valence electrons. The van der Waals surface area contributed by atoms with Crippen molar-refractivity contribution >= 4 is 27.3 Å². The highest BCUT2D eigenvalue weighted by Crippen LogP contribution is 2.27. The number of aryl methyl sites for hydroxylation is 2. The lowest BCUT2D eigenvalue weighted by molar-refractivity contribution is -0.385. The van der Waals surface area contributed by atoms with Crippen LogP contribution in [0.4, 0.5) is 15.8 Å². The maximum atomic E-state index is 13.4. The molecule has 0 aliphatic heterocycles. The lowest BCUT2D eigenvalue weighted by atomic mass is 10.1. The van der Waals surface area contributed by atoms with Crippen molar-refractivity contribution in [3.8, 4) is 0 Å². The van der Waals surface area contributed by atoms with Gasteiger partial charge in [-0.1, -0.05) is 6.07 Å². The van der Waals surface area contributed by atoms with E-state index in [9.17, 15) is 14.5 Å². The monoisotopic (exact) mass is 352 g/mol. The molecule has 0 atom stereocenters. The van der Waals surface area contributed by atoms with Crippen molar-refractivity contribution in [3.05, 3.63) is 67.4 Å². The van der Waals surface area contributed by atoms with Gasteiger partial charge in [-0.3, -0.25) is 10.1 Å². The van der Waals surface area contributed by atoms with Crippen LogP contribution in [0.2, 0.25) is 0 Å². The fourth-order valence-electron chi connectivity index (χ4n) is 2.07. The van der Waals surface area contributed by atoms with E-state index in [1.807, 2.05) is 6.92 Å². The van der Waals surface area contributed by atoms with Gasteiger partial charge in [0, 0.05) is 23.9 Å². The van der Waals surface area contributed by atoms with E-state index in [2.05, 4.69) is 21.2 Å². The van der Waals surface area contributed by atoms with Gasteiger partial charge in [0.15, 0.2) is 0 Å². The van der Waals surface area contributed by atoms with E-state index in [0.717, 1.165) is 11.1 Å². The normalized spacial score (nSPS) is 10.5. The van der Waals surface area contributed by atoms with Crippen LogP contribution in [0.3, 0.4) is 0 Å². The minimum absolute atomic E-state index is 0.0742.